The summed E-state index contributed by atoms with van der Waals surface area (Å²) in [4.78, 5) is 9.01. The zero-order chi connectivity index (χ0) is 14.1. The van der Waals surface area contributed by atoms with Crippen LogP contribution in [0.5, 0.6) is 5.75 Å². The molecule has 3 rings (SSSR count). The van der Waals surface area contributed by atoms with Gasteiger partial charge < -0.3 is 10.1 Å². The summed E-state index contributed by atoms with van der Waals surface area (Å²) in [6, 6.07) is 7.88. The third-order valence-electron chi connectivity index (χ3n) is 3.32. The van der Waals surface area contributed by atoms with Crippen molar-refractivity contribution in [3.8, 4) is 5.75 Å². The van der Waals surface area contributed by atoms with Crippen LogP contribution in [0.4, 0.5) is 11.5 Å². The molecule has 2 aromatic rings. The molecule has 1 aromatic heterocycles. The number of nitrogens with one attached hydrogen (secondary N) is 1. The van der Waals surface area contributed by atoms with Crippen molar-refractivity contribution in [1.29, 1.82) is 0 Å². The van der Waals surface area contributed by atoms with Gasteiger partial charge in [0, 0.05) is 17.7 Å². The SMILES string of the molecule is COc1ccc(Nc2cc(Br)nc(C3CC3)n2)cc1C. The molecule has 1 fully saturated rings. The Morgan fingerprint density at radius 1 is 1.25 bits per heavy atom. The predicted molar refractivity (Wildman–Crippen MR) is 82.7 cm³/mol. The number of benzene rings is 1. The minimum atomic E-state index is 0.533. The molecule has 1 saturated carbocycles. The van der Waals surface area contributed by atoms with Gasteiger partial charge in [0.2, 0.25) is 0 Å². The van der Waals surface area contributed by atoms with Crippen LogP contribution in [0.3, 0.4) is 0 Å². The Labute approximate surface area is 126 Å². The van der Waals surface area contributed by atoms with Crippen molar-refractivity contribution in [3.05, 3.63) is 40.3 Å². The third-order valence-corrected chi connectivity index (χ3v) is 3.73. The number of nitrogens with zero attached hydrogens (tertiary/aromatic N) is 2. The summed E-state index contributed by atoms with van der Waals surface area (Å²) in [5.74, 6) is 3.16. The molecule has 20 heavy (non-hydrogen) atoms. The van der Waals surface area contributed by atoms with E-state index in [2.05, 4.69) is 31.2 Å². The molecule has 1 N–H and O–H groups in total. The minimum absolute atomic E-state index is 0.533. The molecule has 0 atom stereocenters. The first-order chi connectivity index (χ1) is 9.65. The number of halogens is 1. The summed E-state index contributed by atoms with van der Waals surface area (Å²) < 4.78 is 6.09. The Bertz CT molecular complexity index is 641. The lowest BCUT2D eigenvalue weighted by atomic mass is 10.2. The van der Waals surface area contributed by atoms with Crippen molar-refractivity contribution < 1.29 is 4.74 Å². The molecule has 104 valence electrons. The van der Waals surface area contributed by atoms with Crippen molar-refractivity contribution in [1.82, 2.24) is 9.97 Å². The summed E-state index contributed by atoms with van der Waals surface area (Å²) in [6.07, 6.45) is 2.38. The van der Waals surface area contributed by atoms with Gasteiger partial charge in [-0.15, -0.1) is 0 Å². The van der Waals surface area contributed by atoms with Crippen molar-refractivity contribution in [2.75, 3.05) is 12.4 Å². The molecule has 0 unspecified atom stereocenters. The fraction of sp³-hybridized carbons (Fsp3) is 0.333. The van der Waals surface area contributed by atoms with Gasteiger partial charge in [0.1, 0.15) is 22.0 Å². The number of hydrogen-bond acceptors (Lipinski definition) is 4. The summed E-state index contributed by atoms with van der Waals surface area (Å²) in [6.45, 7) is 2.02. The fourth-order valence-corrected chi connectivity index (χ4v) is 2.53. The molecule has 1 aliphatic rings. The van der Waals surface area contributed by atoms with Crippen LogP contribution in [-0.2, 0) is 0 Å². The van der Waals surface area contributed by atoms with Gasteiger partial charge in [-0.2, -0.15) is 0 Å². The van der Waals surface area contributed by atoms with E-state index in [9.17, 15) is 0 Å². The zero-order valence-electron chi connectivity index (χ0n) is 11.5. The number of hydrogen-bond donors (Lipinski definition) is 1. The highest BCUT2D eigenvalue weighted by atomic mass is 79.9. The van der Waals surface area contributed by atoms with E-state index in [0.717, 1.165) is 33.2 Å². The Hall–Kier alpha value is -1.62. The van der Waals surface area contributed by atoms with E-state index in [4.69, 9.17) is 4.74 Å². The average molecular weight is 334 g/mol. The van der Waals surface area contributed by atoms with Gasteiger partial charge in [0.05, 0.1) is 7.11 Å². The van der Waals surface area contributed by atoms with Crippen LogP contribution in [0.1, 0.15) is 30.1 Å². The topological polar surface area (TPSA) is 47.0 Å². The van der Waals surface area contributed by atoms with E-state index in [1.807, 2.05) is 31.2 Å². The van der Waals surface area contributed by atoms with Crippen LogP contribution < -0.4 is 10.1 Å². The first-order valence-corrected chi connectivity index (χ1v) is 7.41. The van der Waals surface area contributed by atoms with Crippen molar-refractivity contribution in [3.63, 3.8) is 0 Å². The monoisotopic (exact) mass is 333 g/mol. The van der Waals surface area contributed by atoms with Gasteiger partial charge >= 0.3 is 0 Å². The quantitative estimate of drug-likeness (QED) is 0.852. The fourth-order valence-electron chi connectivity index (χ4n) is 2.13. The van der Waals surface area contributed by atoms with Crippen LogP contribution in [0, 0.1) is 6.92 Å². The highest BCUT2D eigenvalue weighted by molar-refractivity contribution is 9.10. The van der Waals surface area contributed by atoms with Gasteiger partial charge in [0.15, 0.2) is 0 Å². The summed E-state index contributed by atoms with van der Waals surface area (Å²) >= 11 is 3.45. The predicted octanol–water partition coefficient (Wildman–Crippen LogP) is 4.18. The van der Waals surface area contributed by atoms with E-state index >= 15 is 0 Å². The van der Waals surface area contributed by atoms with Crippen LogP contribution in [-0.4, -0.2) is 17.1 Å². The van der Waals surface area contributed by atoms with Crippen LogP contribution in [0.25, 0.3) is 0 Å². The number of rotatable bonds is 4. The molecular formula is C15H16BrN3O. The summed E-state index contributed by atoms with van der Waals surface area (Å²) in [7, 11) is 1.68. The number of ether oxygens (including phenoxy) is 1. The van der Waals surface area contributed by atoms with Gasteiger partial charge in [-0.25, -0.2) is 9.97 Å². The number of aryl methyl sites for hydroxylation is 1. The first-order valence-electron chi connectivity index (χ1n) is 6.62. The van der Waals surface area contributed by atoms with Crippen molar-refractivity contribution >= 4 is 27.4 Å². The van der Waals surface area contributed by atoms with Crippen LogP contribution in [0.15, 0.2) is 28.9 Å². The van der Waals surface area contributed by atoms with Gasteiger partial charge in [0.25, 0.3) is 0 Å². The number of aromatic nitrogens is 2. The Morgan fingerprint density at radius 3 is 2.70 bits per heavy atom. The standard InChI is InChI=1S/C15H16BrN3O/c1-9-7-11(5-6-12(9)20-2)17-14-8-13(16)18-15(19-14)10-3-4-10/h5-8,10H,3-4H2,1-2H3,(H,17,18,19). The van der Waals surface area contributed by atoms with Crippen molar-refractivity contribution in [2.24, 2.45) is 0 Å². The van der Waals surface area contributed by atoms with Crippen molar-refractivity contribution in [2.45, 2.75) is 25.7 Å². The van der Waals surface area contributed by atoms with E-state index in [1.54, 1.807) is 7.11 Å². The van der Waals surface area contributed by atoms with E-state index in [-0.39, 0.29) is 0 Å². The molecule has 0 radical (unpaired) electrons. The average Bonchev–Trinajstić information content (AvgIpc) is 3.22. The van der Waals surface area contributed by atoms with E-state index in [1.165, 1.54) is 12.8 Å². The molecule has 0 spiro atoms. The maximum absolute atomic E-state index is 5.27. The molecule has 0 aliphatic heterocycles. The maximum Gasteiger partial charge on any atom is 0.135 e. The lowest BCUT2D eigenvalue weighted by Gasteiger charge is -2.10. The Kier molecular flexibility index (Phi) is 3.61. The Balaban J connectivity index is 1.85. The minimum Gasteiger partial charge on any atom is -0.496 e. The lowest BCUT2D eigenvalue weighted by Crippen LogP contribution is -2.00. The lowest BCUT2D eigenvalue weighted by molar-refractivity contribution is 0.412. The Morgan fingerprint density at radius 2 is 2.05 bits per heavy atom. The molecule has 0 amide bonds. The number of anilines is 2. The molecule has 5 heteroatoms. The maximum atomic E-state index is 5.27. The second-order valence-corrected chi connectivity index (χ2v) is 5.83. The highest BCUT2D eigenvalue weighted by Crippen LogP contribution is 2.39. The van der Waals surface area contributed by atoms with Crippen LogP contribution in [0.2, 0.25) is 0 Å². The van der Waals surface area contributed by atoms with E-state index < -0.39 is 0 Å². The smallest absolute Gasteiger partial charge is 0.135 e. The molecule has 1 aromatic carbocycles. The molecule has 0 bridgehead atoms. The summed E-state index contributed by atoms with van der Waals surface area (Å²) in [5.41, 5.74) is 2.09. The second kappa shape index (κ2) is 5.40. The third kappa shape index (κ3) is 2.93. The molecular weight excluding hydrogens is 318 g/mol. The number of methoxy groups -OCH3 is 1. The molecule has 4 nitrogen and oxygen atoms in total. The highest BCUT2D eigenvalue weighted by Gasteiger charge is 2.27. The largest absolute Gasteiger partial charge is 0.496 e. The van der Waals surface area contributed by atoms with E-state index in [0.29, 0.717) is 5.92 Å². The zero-order valence-corrected chi connectivity index (χ0v) is 13.1. The molecule has 0 saturated heterocycles. The summed E-state index contributed by atoms with van der Waals surface area (Å²) in [5, 5.41) is 3.32. The van der Waals surface area contributed by atoms with Crippen LogP contribution >= 0.6 is 15.9 Å². The molecule has 1 aliphatic carbocycles. The normalized spacial score (nSPS) is 14.2. The second-order valence-electron chi connectivity index (χ2n) is 5.02. The van der Waals surface area contributed by atoms with Gasteiger partial charge in [-0.05, 0) is 59.5 Å². The molecule has 1 heterocycles. The van der Waals surface area contributed by atoms with Gasteiger partial charge in [-0.3, -0.25) is 0 Å². The first kappa shape index (κ1) is 13.4. The van der Waals surface area contributed by atoms with Gasteiger partial charge in [-0.1, -0.05) is 0 Å².